The number of carbonyl (C=O) groups is 1. The van der Waals surface area contributed by atoms with Gasteiger partial charge >= 0.3 is 16.2 Å². The SMILES string of the molecule is CC(C)(C)OC(=O)NCC(C)(OCc1ccccc1)c1cccc(OS(=O)(=O)c2ccccc2)c1. The Hall–Kier alpha value is -3.36. The highest BCUT2D eigenvalue weighted by Gasteiger charge is 2.30. The van der Waals surface area contributed by atoms with Crippen molar-refractivity contribution in [3.63, 3.8) is 0 Å². The predicted octanol–water partition coefficient (Wildman–Crippen LogP) is 5.41. The van der Waals surface area contributed by atoms with Crippen molar-refractivity contribution in [1.29, 1.82) is 0 Å². The molecule has 0 aliphatic carbocycles. The minimum Gasteiger partial charge on any atom is -0.444 e. The van der Waals surface area contributed by atoms with Crippen molar-refractivity contribution in [2.24, 2.45) is 0 Å². The Kier molecular flexibility index (Phi) is 8.19. The Labute approximate surface area is 207 Å². The first-order chi connectivity index (χ1) is 16.5. The topological polar surface area (TPSA) is 90.9 Å². The molecule has 0 aliphatic heterocycles. The Bertz CT molecular complexity index is 1220. The lowest BCUT2D eigenvalue weighted by Gasteiger charge is -2.31. The molecule has 1 unspecified atom stereocenters. The van der Waals surface area contributed by atoms with Crippen molar-refractivity contribution in [3.05, 3.63) is 96.1 Å². The van der Waals surface area contributed by atoms with Crippen LogP contribution in [0.3, 0.4) is 0 Å². The van der Waals surface area contributed by atoms with E-state index in [0.29, 0.717) is 5.56 Å². The summed E-state index contributed by atoms with van der Waals surface area (Å²) < 4.78 is 42.4. The average Bonchev–Trinajstić information content (AvgIpc) is 2.82. The first-order valence-electron chi connectivity index (χ1n) is 11.2. The fraction of sp³-hybridized carbons (Fsp3) is 0.296. The summed E-state index contributed by atoms with van der Waals surface area (Å²) in [7, 11) is -4.01. The van der Waals surface area contributed by atoms with Crippen LogP contribution in [0.4, 0.5) is 4.79 Å². The van der Waals surface area contributed by atoms with E-state index in [-0.39, 0.29) is 23.8 Å². The Balaban J connectivity index is 1.85. The van der Waals surface area contributed by atoms with Crippen LogP contribution >= 0.6 is 0 Å². The second-order valence-electron chi connectivity index (χ2n) is 9.24. The molecule has 0 saturated carbocycles. The molecule has 0 saturated heterocycles. The van der Waals surface area contributed by atoms with Crippen molar-refractivity contribution in [1.82, 2.24) is 5.32 Å². The molecule has 3 aromatic carbocycles. The molecule has 0 heterocycles. The van der Waals surface area contributed by atoms with E-state index in [0.717, 1.165) is 5.56 Å². The molecule has 0 fully saturated rings. The van der Waals surface area contributed by atoms with Gasteiger partial charge in [0.15, 0.2) is 0 Å². The highest BCUT2D eigenvalue weighted by Crippen LogP contribution is 2.30. The monoisotopic (exact) mass is 497 g/mol. The standard InChI is InChI=1S/C27H31NO6S/c1-26(2,3)33-25(29)28-20-27(4,32-19-21-12-7-5-8-13-21)22-14-11-15-23(18-22)34-35(30,31)24-16-9-6-10-17-24/h5-18H,19-20H2,1-4H3,(H,28,29). The minimum absolute atomic E-state index is 0.0556. The van der Waals surface area contributed by atoms with Gasteiger partial charge in [-0.15, -0.1) is 0 Å². The van der Waals surface area contributed by atoms with Gasteiger partial charge < -0.3 is 19.0 Å². The maximum atomic E-state index is 12.7. The van der Waals surface area contributed by atoms with Crippen LogP contribution in [0.5, 0.6) is 5.75 Å². The lowest BCUT2D eigenvalue weighted by atomic mass is 9.95. The molecule has 186 valence electrons. The Morgan fingerprint density at radius 2 is 1.49 bits per heavy atom. The van der Waals surface area contributed by atoms with E-state index >= 15 is 0 Å². The third-order valence-corrected chi connectivity index (χ3v) is 6.31. The molecule has 3 aromatic rings. The fourth-order valence-corrected chi connectivity index (χ4v) is 4.19. The molecule has 0 spiro atoms. The second kappa shape index (κ2) is 10.9. The van der Waals surface area contributed by atoms with Gasteiger partial charge in [-0.25, -0.2) is 4.79 Å². The molecule has 0 radical (unpaired) electrons. The van der Waals surface area contributed by atoms with Crippen LogP contribution in [0.2, 0.25) is 0 Å². The van der Waals surface area contributed by atoms with E-state index in [9.17, 15) is 13.2 Å². The summed E-state index contributed by atoms with van der Waals surface area (Å²) in [6, 6.07) is 24.2. The number of hydrogen-bond donors (Lipinski definition) is 1. The van der Waals surface area contributed by atoms with Gasteiger partial charge in [-0.1, -0.05) is 60.7 Å². The third kappa shape index (κ3) is 7.83. The van der Waals surface area contributed by atoms with Crippen LogP contribution in [0.1, 0.15) is 38.8 Å². The highest BCUT2D eigenvalue weighted by molar-refractivity contribution is 7.87. The molecule has 1 N–H and O–H groups in total. The predicted molar refractivity (Wildman–Crippen MR) is 134 cm³/mol. The third-order valence-electron chi connectivity index (χ3n) is 5.05. The van der Waals surface area contributed by atoms with Crippen LogP contribution in [0, 0.1) is 0 Å². The van der Waals surface area contributed by atoms with E-state index in [4.69, 9.17) is 13.7 Å². The van der Waals surface area contributed by atoms with E-state index in [1.165, 1.54) is 12.1 Å². The molecular formula is C27H31NO6S. The first-order valence-corrected chi connectivity index (χ1v) is 12.6. The molecular weight excluding hydrogens is 466 g/mol. The van der Waals surface area contributed by atoms with Gasteiger partial charge in [0.25, 0.3) is 0 Å². The summed E-state index contributed by atoms with van der Waals surface area (Å²) in [5.41, 5.74) is -0.0756. The molecule has 7 nitrogen and oxygen atoms in total. The minimum atomic E-state index is -4.01. The van der Waals surface area contributed by atoms with Gasteiger partial charge in [0.05, 0.1) is 13.2 Å². The summed E-state index contributed by atoms with van der Waals surface area (Å²) in [5, 5.41) is 2.76. The molecule has 35 heavy (non-hydrogen) atoms. The number of benzene rings is 3. The smallest absolute Gasteiger partial charge is 0.407 e. The summed E-state index contributed by atoms with van der Waals surface area (Å²) in [6.07, 6.45) is -0.578. The van der Waals surface area contributed by atoms with E-state index in [1.807, 2.05) is 37.3 Å². The van der Waals surface area contributed by atoms with E-state index < -0.39 is 27.4 Å². The maximum Gasteiger partial charge on any atom is 0.407 e. The van der Waals surface area contributed by atoms with Gasteiger partial charge in [-0.2, -0.15) is 8.42 Å². The lowest BCUT2D eigenvalue weighted by molar-refractivity contribution is -0.0482. The molecule has 3 rings (SSSR count). The van der Waals surface area contributed by atoms with Crippen molar-refractivity contribution in [3.8, 4) is 5.75 Å². The number of ether oxygens (including phenoxy) is 2. The Morgan fingerprint density at radius 1 is 0.857 bits per heavy atom. The molecule has 1 atom stereocenters. The van der Waals surface area contributed by atoms with Crippen molar-refractivity contribution in [2.75, 3.05) is 6.54 Å². The van der Waals surface area contributed by atoms with Crippen LogP contribution in [-0.2, 0) is 31.8 Å². The Morgan fingerprint density at radius 3 is 2.11 bits per heavy atom. The van der Waals surface area contributed by atoms with Crippen molar-refractivity contribution < 1.29 is 26.9 Å². The average molecular weight is 498 g/mol. The molecule has 8 heteroatoms. The first kappa shape index (κ1) is 26.2. The molecule has 0 aromatic heterocycles. The van der Waals surface area contributed by atoms with Gasteiger partial charge in [-0.05, 0) is 63.1 Å². The van der Waals surface area contributed by atoms with Crippen molar-refractivity contribution in [2.45, 2.75) is 50.4 Å². The summed E-state index contributed by atoms with van der Waals surface area (Å²) in [5.74, 6) is 0.137. The van der Waals surface area contributed by atoms with Crippen molar-refractivity contribution >= 4 is 16.2 Å². The van der Waals surface area contributed by atoms with Crippen LogP contribution in [-0.4, -0.2) is 26.7 Å². The van der Waals surface area contributed by atoms with Crippen LogP contribution in [0.25, 0.3) is 0 Å². The largest absolute Gasteiger partial charge is 0.444 e. The molecule has 1 amide bonds. The number of amides is 1. The normalized spacial score (nSPS) is 13.5. The summed E-state index contributed by atoms with van der Waals surface area (Å²) in [4.78, 5) is 12.4. The van der Waals surface area contributed by atoms with Gasteiger partial charge in [0.2, 0.25) is 0 Å². The van der Waals surface area contributed by atoms with E-state index in [2.05, 4.69) is 5.32 Å². The summed E-state index contributed by atoms with van der Waals surface area (Å²) in [6.45, 7) is 7.53. The maximum absolute atomic E-state index is 12.7. The summed E-state index contributed by atoms with van der Waals surface area (Å²) >= 11 is 0. The second-order valence-corrected chi connectivity index (χ2v) is 10.8. The van der Waals surface area contributed by atoms with Crippen LogP contribution in [0.15, 0.2) is 89.8 Å². The quantitative estimate of drug-likeness (QED) is 0.398. The molecule has 0 aliphatic rings. The zero-order chi connectivity index (χ0) is 25.5. The van der Waals surface area contributed by atoms with Crippen LogP contribution < -0.4 is 9.50 Å². The van der Waals surface area contributed by atoms with Gasteiger partial charge in [0, 0.05) is 0 Å². The number of rotatable bonds is 9. The van der Waals surface area contributed by atoms with Gasteiger partial charge in [-0.3, -0.25) is 0 Å². The lowest BCUT2D eigenvalue weighted by Crippen LogP contribution is -2.42. The van der Waals surface area contributed by atoms with E-state index in [1.54, 1.807) is 63.2 Å². The number of nitrogens with one attached hydrogen (secondary N) is 1. The highest BCUT2D eigenvalue weighted by atomic mass is 32.2. The number of alkyl carbamates (subject to hydrolysis) is 1. The fourth-order valence-electron chi connectivity index (χ4n) is 3.25. The number of hydrogen-bond acceptors (Lipinski definition) is 6. The zero-order valence-electron chi connectivity index (χ0n) is 20.4. The molecule has 0 bridgehead atoms. The number of carbonyl (C=O) groups excluding carboxylic acids is 1. The van der Waals surface area contributed by atoms with Gasteiger partial charge in [0.1, 0.15) is 21.8 Å². The zero-order valence-corrected chi connectivity index (χ0v) is 21.2.